The molecule has 0 spiro atoms. The molecule has 0 radical (unpaired) electrons. The molecule has 0 unspecified atom stereocenters. The first-order chi connectivity index (χ1) is 9.65. The maximum atomic E-state index is 12.2. The van der Waals surface area contributed by atoms with Gasteiger partial charge < -0.3 is 5.73 Å². The molecule has 1 fully saturated rings. The summed E-state index contributed by atoms with van der Waals surface area (Å²) in [5.41, 5.74) is 6.00. The lowest BCUT2D eigenvalue weighted by Crippen LogP contribution is -2.50. The van der Waals surface area contributed by atoms with E-state index in [1.807, 2.05) is 0 Å². The quantitative estimate of drug-likeness (QED) is 0.679. The van der Waals surface area contributed by atoms with Crippen LogP contribution in [0.15, 0.2) is 28.0 Å². The van der Waals surface area contributed by atoms with E-state index in [9.17, 15) is 16.8 Å². The fourth-order valence-corrected chi connectivity index (χ4v) is 4.54. The normalized spacial score (nSPS) is 21.8. The van der Waals surface area contributed by atoms with E-state index in [-0.39, 0.29) is 34.3 Å². The largest absolute Gasteiger partial charge is 0.328 e. The fraction of sp³-hybridized carbons (Fsp3) is 0.500. The van der Waals surface area contributed by atoms with Crippen molar-refractivity contribution in [2.75, 3.05) is 7.05 Å². The van der Waals surface area contributed by atoms with E-state index in [0.717, 1.165) is 0 Å². The summed E-state index contributed by atoms with van der Waals surface area (Å²) in [7, 11) is -5.95. The van der Waals surface area contributed by atoms with E-state index in [0.29, 0.717) is 18.4 Å². The molecule has 0 aromatic heterocycles. The number of hydrogen-bond donors (Lipinski definition) is 3. The monoisotopic (exact) mass is 369 g/mol. The SMILES string of the molecule is CNS(=O)(=O)c1ccc(S(=O)(=O)NC2CC(N)C2)cc1C.Cl. The van der Waals surface area contributed by atoms with Crippen LogP contribution in [0.3, 0.4) is 0 Å². The molecule has 1 saturated carbocycles. The van der Waals surface area contributed by atoms with Gasteiger partial charge in [-0.25, -0.2) is 26.3 Å². The smallest absolute Gasteiger partial charge is 0.240 e. The van der Waals surface area contributed by atoms with Gasteiger partial charge in [0.25, 0.3) is 0 Å². The molecule has 0 atom stereocenters. The summed E-state index contributed by atoms with van der Waals surface area (Å²) in [6.07, 6.45) is 1.23. The van der Waals surface area contributed by atoms with Gasteiger partial charge in [-0.05, 0) is 50.6 Å². The molecule has 0 saturated heterocycles. The molecule has 2 rings (SSSR count). The Hall–Kier alpha value is -0.710. The molecule has 0 aliphatic heterocycles. The first-order valence-electron chi connectivity index (χ1n) is 6.48. The average molecular weight is 370 g/mol. The Labute approximate surface area is 137 Å². The molecule has 1 aromatic carbocycles. The molecule has 7 nitrogen and oxygen atoms in total. The lowest BCUT2D eigenvalue weighted by atomic mass is 9.89. The maximum Gasteiger partial charge on any atom is 0.240 e. The molecule has 22 heavy (non-hydrogen) atoms. The van der Waals surface area contributed by atoms with E-state index in [1.54, 1.807) is 6.92 Å². The molecule has 1 aromatic rings. The Morgan fingerprint density at radius 1 is 1.14 bits per heavy atom. The lowest BCUT2D eigenvalue weighted by Gasteiger charge is -2.32. The van der Waals surface area contributed by atoms with Gasteiger partial charge in [0.2, 0.25) is 20.0 Å². The Morgan fingerprint density at radius 2 is 1.73 bits per heavy atom. The summed E-state index contributed by atoms with van der Waals surface area (Å²) in [5, 5.41) is 0. The zero-order valence-electron chi connectivity index (χ0n) is 12.2. The first kappa shape index (κ1) is 19.3. The topological polar surface area (TPSA) is 118 Å². The van der Waals surface area contributed by atoms with Crippen LogP contribution >= 0.6 is 12.4 Å². The summed E-state index contributed by atoms with van der Waals surface area (Å²) in [5.74, 6) is 0. The lowest BCUT2D eigenvalue weighted by molar-refractivity contribution is 0.327. The summed E-state index contributed by atoms with van der Waals surface area (Å²) in [6, 6.07) is 3.83. The predicted molar refractivity (Wildman–Crippen MR) is 86.0 cm³/mol. The first-order valence-corrected chi connectivity index (χ1v) is 9.44. The van der Waals surface area contributed by atoms with E-state index < -0.39 is 20.0 Å². The number of nitrogens with one attached hydrogen (secondary N) is 2. The Kier molecular flexibility index (Phi) is 5.99. The zero-order valence-corrected chi connectivity index (χ0v) is 14.7. The van der Waals surface area contributed by atoms with Crippen molar-refractivity contribution < 1.29 is 16.8 Å². The third kappa shape index (κ3) is 3.98. The standard InChI is InChI=1S/C12H19N3O4S2.ClH/c1-8-5-11(3-4-12(8)21(18,19)14-2)20(16,17)15-10-6-9(13)7-10;/h3-5,9-10,14-15H,6-7,13H2,1-2H3;1H. The molecular formula is C12H20ClN3O4S2. The van der Waals surface area contributed by atoms with E-state index >= 15 is 0 Å². The fourth-order valence-electron chi connectivity index (χ4n) is 2.25. The van der Waals surface area contributed by atoms with Crippen molar-refractivity contribution in [2.45, 2.75) is 41.6 Å². The number of nitrogens with two attached hydrogens (primary N) is 1. The highest BCUT2D eigenvalue weighted by molar-refractivity contribution is 7.90. The van der Waals surface area contributed by atoms with Gasteiger partial charge in [-0.2, -0.15) is 0 Å². The number of benzene rings is 1. The van der Waals surface area contributed by atoms with Crippen molar-refractivity contribution in [3.05, 3.63) is 23.8 Å². The van der Waals surface area contributed by atoms with Crippen molar-refractivity contribution >= 4 is 32.5 Å². The van der Waals surface area contributed by atoms with Crippen LogP contribution in [0.4, 0.5) is 0 Å². The predicted octanol–water partition coefficient (Wildman–Crippen LogP) is 0.0929. The van der Waals surface area contributed by atoms with Gasteiger partial charge in [0.15, 0.2) is 0 Å². The number of aryl methyl sites for hydroxylation is 1. The van der Waals surface area contributed by atoms with Crippen molar-refractivity contribution in [1.29, 1.82) is 0 Å². The number of hydrogen-bond acceptors (Lipinski definition) is 5. The van der Waals surface area contributed by atoms with Crippen LogP contribution in [-0.4, -0.2) is 36.0 Å². The second-order valence-electron chi connectivity index (χ2n) is 5.18. The molecule has 126 valence electrons. The van der Waals surface area contributed by atoms with E-state index in [4.69, 9.17) is 5.73 Å². The number of halogens is 1. The van der Waals surface area contributed by atoms with Crippen LogP contribution in [0.2, 0.25) is 0 Å². The highest BCUT2D eigenvalue weighted by atomic mass is 35.5. The number of rotatable bonds is 5. The summed E-state index contributed by atoms with van der Waals surface area (Å²) < 4.78 is 52.7. The van der Waals surface area contributed by atoms with Crippen LogP contribution in [0, 0.1) is 6.92 Å². The highest BCUT2D eigenvalue weighted by Gasteiger charge is 2.30. The Morgan fingerprint density at radius 3 is 2.18 bits per heavy atom. The van der Waals surface area contributed by atoms with Gasteiger partial charge in [-0.1, -0.05) is 0 Å². The highest BCUT2D eigenvalue weighted by Crippen LogP contribution is 2.23. The molecule has 0 heterocycles. The zero-order chi connectivity index (χ0) is 15.8. The van der Waals surface area contributed by atoms with Crippen molar-refractivity contribution in [1.82, 2.24) is 9.44 Å². The minimum Gasteiger partial charge on any atom is -0.328 e. The van der Waals surface area contributed by atoms with Gasteiger partial charge in [0, 0.05) is 12.1 Å². The van der Waals surface area contributed by atoms with Gasteiger partial charge in [0.1, 0.15) is 0 Å². The average Bonchev–Trinajstić information content (AvgIpc) is 2.36. The molecule has 1 aliphatic carbocycles. The van der Waals surface area contributed by atoms with Crippen LogP contribution in [0.1, 0.15) is 18.4 Å². The van der Waals surface area contributed by atoms with Gasteiger partial charge in [-0.15, -0.1) is 12.4 Å². The van der Waals surface area contributed by atoms with Crippen LogP contribution < -0.4 is 15.2 Å². The second kappa shape index (κ2) is 6.81. The maximum absolute atomic E-state index is 12.2. The van der Waals surface area contributed by atoms with E-state index in [2.05, 4.69) is 9.44 Å². The molecule has 1 aliphatic rings. The third-order valence-corrected chi connectivity index (χ3v) is 6.60. The second-order valence-corrected chi connectivity index (χ2v) is 8.75. The third-order valence-electron chi connectivity index (χ3n) is 3.51. The summed E-state index contributed by atoms with van der Waals surface area (Å²) in [6.45, 7) is 1.56. The Bertz CT molecular complexity index is 744. The van der Waals surface area contributed by atoms with Crippen LogP contribution in [-0.2, 0) is 20.0 Å². The Balaban J connectivity index is 0.00000242. The van der Waals surface area contributed by atoms with Crippen LogP contribution in [0.5, 0.6) is 0 Å². The van der Waals surface area contributed by atoms with E-state index in [1.165, 1.54) is 25.2 Å². The molecular weight excluding hydrogens is 350 g/mol. The minimum absolute atomic E-state index is 0. The summed E-state index contributed by atoms with van der Waals surface area (Å²) in [4.78, 5) is 0.116. The summed E-state index contributed by atoms with van der Waals surface area (Å²) >= 11 is 0. The minimum atomic E-state index is -3.66. The van der Waals surface area contributed by atoms with Crippen molar-refractivity contribution in [3.8, 4) is 0 Å². The van der Waals surface area contributed by atoms with Crippen molar-refractivity contribution in [3.63, 3.8) is 0 Å². The van der Waals surface area contributed by atoms with Gasteiger partial charge in [0.05, 0.1) is 9.79 Å². The van der Waals surface area contributed by atoms with Gasteiger partial charge in [-0.3, -0.25) is 0 Å². The van der Waals surface area contributed by atoms with Crippen molar-refractivity contribution in [2.24, 2.45) is 5.73 Å². The molecule has 0 amide bonds. The number of sulfonamides is 2. The molecule has 0 bridgehead atoms. The molecule has 10 heteroatoms. The van der Waals surface area contributed by atoms with Gasteiger partial charge >= 0.3 is 0 Å². The van der Waals surface area contributed by atoms with Crippen LogP contribution in [0.25, 0.3) is 0 Å². The molecule has 4 N–H and O–H groups in total.